The first kappa shape index (κ1) is 12.0. The number of hydrogen-bond donors (Lipinski definition) is 0. The summed E-state index contributed by atoms with van der Waals surface area (Å²) in [5.74, 6) is -1.01. The van der Waals surface area contributed by atoms with Gasteiger partial charge in [-0.3, -0.25) is 4.79 Å². The monoisotopic (exact) mass is 306 g/mol. The van der Waals surface area contributed by atoms with Gasteiger partial charge < -0.3 is 4.74 Å². The highest BCUT2D eigenvalue weighted by atomic mass is 79.9. The number of ether oxygens (including phenoxy) is 1. The van der Waals surface area contributed by atoms with E-state index < -0.39 is 11.9 Å². The number of ketones is 1. The zero-order valence-electron chi connectivity index (χ0n) is 8.30. The molecule has 1 fully saturated rings. The maximum Gasteiger partial charge on any atom is 0.194 e. The second-order valence-electron chi connectivity index (χ2n) is 3.59. The van der Waals surface area contributed by atoms with Crippen molar-refractivity contribution in [3.63, 3.8) is 0 Å². The van der Waals surface area contributed by atoms with Gasteiger partial charge in [-0.15, -0.1) is 0 Å². The Kier molecular flexibility index (Phi) is 3.62. The molecule has 0 spiro atoms. The quantitative estimate of drug-likeness (QED) is 0.616. The van der Waals surface area contributed by atoms with Crippen LogP contribution in [0.15, 0.2) is 16.6 Å². The molecule has 1 atom stereocenters. The Bertz CT molecular complexity index is 430. The first-order chi connectivity index (χ1) is 7.61. The summed E-state index contributed by atoms with van der Waals surface area (Å²) in [6.45, 7) is 0.558. The number of hydrogen-bond acceptors (Lipinski definition) is 2. The van der Waals surface area contributed by atoms with Gasteiger partial charge in [0.05, 0.1) is 10.6 Å². The van der Waals surface area contributed by atoms with E-state index in [1.54, 1.807) is 6.07 Å². The second kappa shape index (κ2) is 4.82. The molecule has 1 heterocycles. The summed E-state index contributed by atoms with van der Waals surface area (Å²) in [6, 6.07) is 2.99. The Morgan fingerprint density at radius 1 is 1.56 bits per heavy atom. The molecule has 16 heavy (non-hydrogen) atoms. The van der Waals surface area contributed by atoms with Gasteiger partial charge in [0.1, 0.15) is 6.10 Å². The molecule has 0 aromatic heterocycles. The molecule has 1 aromatic rings. The van der Waals surface area contributed by atoms with Gasteiger partial charge in [-0.25, -0.2) is 4.39 Å². The lowest BCUT2D eigenvalue weighted by Crippen LogP contribution is -2.20. The zero-order valence-corrected chi connectivity index (χ0v) is 10.6. The van der Waals surface area contributed by atoms with E-state index in [4.69, 9.17) is 16.3 Å². The molecule has 0 amide bonds. The van der Waals surface area contributed by atoms with E-state index in [1.807, 2.05) is 0 Å². The van der Waals surface area contributed by atoms with E-state index >= 15 is 0 Å². The van der Waals surface area contributed by atoms with Crippen LogP contribution in [0.5, 0.6) is 0 Å². The Labute approximate surface area is 106 Å². The van der Waals surface area contributed by atoms with Crippen molar-refractivity contribution in [3.05, 3.63) is 33.0 Å². The zero-order chi connectivity index (χ0) is 11.7. The molecule has 0 saturated carbocycles. The number of Topliss-reactive ketones (excluding diaryl/α,β-unsaturated/α-hetero) is 1. The van der Waals surface area contributed by atoms with Crippen molar-refractivity contribution in [3.8, 4) is 0 Å². The highest BCUT2D eigenvalue weighted by Crippen LogP contribution is 2.29. The van der Waals surface area contributed by atoms with Gasteiger partial charge >= 0.3 is 0 Å². The van der Waals surface area contributed by atoms with Gasteiger partial charge in [0.15, 0.2) is 11.6 Å². The molecule has 5 heteroatoms. The topological polar surface area (TPSA) is 26.3 Å². The van der Waals surface area contributed by atoms with Crippen LogP contribution in [0.4, 0.5) is 4.39 Å². The van der Waals surface area contributed by atoms with Crippen molar-refractivity contribution in [2.75, 3.05) is 6.61 Å². The molecular weight excluding hydrogens is 298 g/mol. The summed E-state index contributed by atoms with van der Waals surface area (Å²) in [5, 5.41) is -0.0659. The van der Waals surface area contributed by atoms with Gasteiger partial charge in [-0.2, -0.15) is 0 Å². The van der Waals surface area contributed by atoms with E-state index in [0.717, 1.165) is 6.42 Å². The molecule has 1 aromatic carbocycles. The van der Waals surface area contributed by atoms with E-state index in [9.17, 15) is 9.18 Å². The number of benzene rings is 1. The summed E-state index contributed by atoms with van der Waals surface area (Å²) in [6.07, 6.45) is 0.959. The molecule has 0 N–H and O–H groups in total. The van der Waals surface area contributed by atoms with Crippen molar-refractivity contribution < 1.29 is 13.9 Å². The average molecular weight is 308 g/mol. The van der Waals surface area contributed by atoms with Crippen LogP contribution in [0, 0.1) is 5.82 Å². The molecular formula is C11H9BrClFO2. The minimum Gasteiger partial charge on any atom is -0.370 e. The Morgan fingerprint density at radius 2 is 2.31 bits per heavy atom. The van der Waals surface area contributed by atoms with Crippen LogP contribution < -0.4 is 0 Å². The van der Waals surface area contributed by atoms with Crippen molar-refractivity contribution in [2.24, 2.45) is 0 Å². The Hall–Kier alpha value is -0.450. The van der Waals surface area contributed by atoms with Crippen molar-refractivity contribution >= 4 is 33.3 Å². The average Bonchev–Trinajstić information content (AvgIpc) is 2.79. The van der Waals surface area contributed by atoms with E-state index in [-0.39, 0.29) is 16.4 Å². The normalized spacial score (nSPS) is 20.1. The molecule has 2 rings (SSSR count). The van der Waals surface area contributed by atoms with Gasteiger partial charge in [-0.05, 0) is 40.9 Å². The summed E-state index contributed by atoms with van der Waals surface area (Å²) >= 11 is 8.82. The maximum atomic E-state index is 13.7. The minimum absolute atomic E-state index is 0.0000926. The Morgan fingerprint density at radius 3 is 2.94 bits per heavy atom. The van der Waals surface area contributed by atoms with Crippen LogP contribution >= 0.6 is 27.5 Å². The lowest BCUT2D eigenvalue weighted by atomic mass is 10.0. The number of carbonyl (C=O) groups excluding carboxylic acids is 1. The summed E-state index contributed by atoms with van der Waals surface area (Å²) in [7, 11) is 0. The fraction of sp³-hybridized carbons (Fsp3) is 0.364. The fourth-order valence-electron chi connectivity index (χ4n) is 1.67. The predicted octanol–water partition coefficient (Wildman–Crippen LogP) is 3.60. The first-order valence-corrected chi connectivity index (χ1v) is 6.07. The first-order valence-electron chi connectivity index (χ1n) is 4.90. The molecule has 1 unspecified atom stereocenters. The SMILES string of the molecule is O=C(c1ccc(Br)c(Cl)c1F)C1CCCO1. The molecule has 0 bridgehead atoms. The number of carbonyl (C=O) groups is 1. The van der Waals surface area contributed by atoms with Crippen molar-refractivity contribution in [1.82, 2.24) is 0 Å². The molecule has 2 nitrogen and oxygen atoms in total. The molecule has 1 saturated heterocycles. The number of rotatable bonds is 2. The van der Waals surface area contributed by atoms with Crippen LogP contribution in [-0.4, -0.2) is 18.5 Å². The Balaban J connectivity index is 2.33. The van der Waals surface area contributed by atoms with E-state index in [1.165, 1.54) is 6.07 Å². The van der Waals surface area contributed by atoms with E-state index in [2.05, 4.69) is 15.9 Å². The lowest BCUT2D eigenvalue weighted by Gasteiger charge is -2.10. The third-order valence-corrected chi connectivity index (χ3v) is 3.78. The van der Waals surface area contributed by atoms with Gasteiger partial charge in [0.25, 0.3) is 0 Å². The third-order valence-electron chi connectivity index (χ3n) is 2.52. The largest absolute Gasteiger partial charge is 0.370 e. The minimum atomic E-state index is -0.684. The van der Waals surface area contributed by atoms with Crippen LogP contribution in [0.1, 0.15) is 23.2 Å². The smallest absolute Gasteiger partial charge is 0.194 e. The fourth-order valence-corrected chi connectivity index (χ4v) is 2.15. The van der Waals surface area contributed by atoms with Crippen LogP contribution in [0.3, 0.4) is 0 Å². The van der Waals surface area contributed by atoms with Crippen molar-refractivity contribution in [1.29, 1.82) is 0 Å². The molecule has 0 radical (unpaired) electrons. The summed E-state index contributed by atoms with van der Waals surface area (Å²) < 4.78 is 19.4. The highest BCUT2D eigenvalue weighted by Gasteiger charge is 2.27. The third kappa shape index (κ3) is 2.14. The van der Waals surface area contributed by atoms with E-state index in [0.29, 0.717) is 17.5 Å². The van der Waals surface area contributed by atoms with Crippen LogP contribution in [0.25, 0.3) is 0 Å². The van der Waals surface area contributed by atoms with Crippen molar-refractivity contribution in [2.45, 2.75) is 18.9 Å². The molecule has 1 aliphatic heterocycles. The molecule has 86 valence electrons. The van der Waals surface area contributed by atoms with Gasteiger partial charge in [0.2, 0.25) is 0 Å². The maximum absolute atomic E-state index is 13.7. The number of halogens is 3. The summed E-state index contributed by atoms with van der Waals surface area (Å²) in [5.41, 5.74) is 0.0000926. The van der Waals surface area contributed by atoms with Crippen LogP contribution in [0.2, 0.25) is 5.02 Å². The van der Waals surface area contributed by atoms with Gasteiger partial charge in [0, 0.05) is 11.1 Å². The molecule has 0 aliphatic carbocycles. The molecule has 1 aliphatic rings. The standard InChI is InChI=1S/C11H9BrClFO2/c12-7-4-3-6(10(14)9(7)13)11(15)8-2-1-5-16-8/h3-4,8H,1-2,5H2. The van der Waals surface area contributed by atoms with Crippen LogP contribution in [-0.2, 0) is 4.74 Å². The summed E-state index contributed by atoms with van der Waals surface area (Å²) in [4.78, 5) is 11.9. The predicted molar refractivity (Wildman–Crippen MR) is 62.4 cm³/mol. The highest BCUT2D eigenvalue weighted by molar-refractivity contribution is 9.10. The van der Waals surface area contributed by atoms with Gasteiger partial charge in [-0.1, -0.05) is 11.6 Å². The lowest BCUT2D eigenvalue weighted by molar-refractivity contribution is 0.0639. The second-order valence-corrected chi connectivity index (χ2v) is 4.82.